The van der Waals surface area contributed by atoms with Crippen molar-refractivity contribution >= 4 is 29.0 Å². The lowest BCUT2D eigenvalue weighted by molar-refractivity contribution is 0.279. The molecule has 1 aromatic rings. The molecule has 0 radical (unpaired) electrons. The quantitative estimate of drug-likeness (QED) is 0.380. The molecule has 0 fully saturated rings. The molecule has 1 unspecified atom stereocenters. The second-order valence-corrected chi connectivity index (χ2v) is 4.16. The lowest BCUT2D eigenvalue weighted by Gasteiger charge is -2.12. The number of ether oxygens (including phenoxy) is 1. The molecule has 0 saturated carbocycles. The zero-order valence-electron chi connectivity index (χ0n) is 8.65. The van der Waals surface area contributed by atoms with Gasteiger partial charge in [0.1, 0.15) is 11.6 Å². The van der Waals surface area contributed by atoms with Gasteiger partial charge in [-0.3, -0.25) is 0 Å². The number of hydrogen-bond acceptors (Lipinski definition) is 3. The second-order valence-electron chi connectivity index (χ2n) is 3.31. The third kappa shape index (κ3) is 3.47. The van der Waals surface area contributed by atoms with Crippen molar-refractivity contribution in [1.82, 2.24) is 0 Å². The van der Waals surface area contributed by atoms with Crippen molar-refractivity contribution in [2.75, 3.05) is 6.61 Å². The molecule has 0 amide bonds. The van der Waals surface area contributed by atoms with E-state index in [2.05, 4.69) is 5.16 Å². The lowest BCUT2D eigenvalue weighted by Crippen LogP contribution is -2.26. The fraction of sp³-hybridized carbons (Fsp3) is 0.300. The Balaban J connectivity index is 2.64. The first-order chi connectivity index (χ1) is 7.54. The topological polar surface area (TPSA) is 67.8 Å². The van der Waals surface area contributed by atoms with Crippen molar-refractivity contribution in [1.29, 1.82) is 0 Å². The van der Waals surface area contributed by atoms with Crippen LogP contribution in [0, 0.1) is 5.92 Å². The summed E-state index contributed by atoms with van der Waals surface area (Å²) in [7, 11) is 0. The Kier molecular flexibility index (Phi) is 4.71. The van der Waals surface area contributed by atoms with Gasteiger partial charge in [-0.15, -0.1) is 0 Å². The van der Waals surface area contributed by atoms with E-state index in [0.717, 1.165) is 0 Å². The van der Waals surface area contributed by atoms with Crippen molar-refractivity contribution in [2.45, 2.75) is 6.92 Å². The average Bonchev–Trinajstić information content (AvgIpc) is 2.28. The maximum atomic E-state index is 8.46. The standard InChI is InChI=1S/C10H12Cl2N2O2/c1-6(10(13)14-15)5-16-9-4-7(11)2-3-8(9)12/h2-4,6,15H,5H2,1H3,(H2,13,14). The van der Waals surface area contributed by atoms with Crippen LogP contribution in [0.3, 0.4) is 0 Å². The predicted octanol–water partition coefficient (Wildman–Crippen LogP) is 2.75. The molecule has 0 aliphatic rings. The first kappa shape index (κ1) is 12.9. The van der Waals surface area contributed by atoms with Gasteiger partial charge >= 0.3 is 0 Å². The molecule has 3 N–H and O–H groups in total. The van der Waals surface area contributed by atoms with Gasteiger partial charge in [-0.25, -0.2) is 0 Å². The minimum Gasteiger partial charge on any atom is -0.491 e. The van der Waals surface area contributed by atoms with Crippen molar-refractivity contribution < 1.29 is 9.94 Å². The predicted molar refractivity (Wildman–Crippen MR) is 64.5 cm³/mol. The van der Waals surface area contributed by atoms with Crippen LogP contribution < -0.4 is 10.5 Å². The fourth-order valence-electron chi connectivity index (χ4n) is 0.987. The summed E-state index contributed by atoms with van der Waals surface area (Å²) in [5.41, 5.74) is 5.41. The number of nitrogens with two attached hydrogens (primary N) is 1. The molecule has 16 heavy (non-hydrogen) atoms. The molecule has 1 atom stereocenters. The highest BCUT2D eigenvalue weighted by Gasteiger charge is 2.10. The third-order valence-corrected chi connectivity index (χ3v) is 2.55. The molecule has 6 heteroatoms. The summed E-state index contributed by atoms with van der Waals surface area (Å²) in [4.78, 5) is 0. The Hall–Kier alpha value is -1.13. The van der Waals surface area contributed by atoms with E-state index in [1.165, 1.54) is 0 Å². The maximum Gasteiger partial charge on any atom is 0.145 e. The van der Waals surface area contributed by atoms with E-state index in [0.29, 0.717) is 15.8 Å². The number of oxime groups is 1. The first-order valence-corrected chi connectivity index (χ1v) is 5.35. The summed E-state index contributed by atoms with van der Waals surface area (Å²) < 4.78 is 5.41. The summed E-state index contributed by atoms with van der Waals surface area (Å²) in [6, 6.07) is 4.93. The third-order valence-electron chi connectivity index (χ3n) is 2.00. The van der Waals surface area contributed by atoms with Crippen LogP contribution in [0.5, 0.6) is 5.75 Å². The van der Waals surface area contributed by atoms with Gasteiger partial charge in [-0.1, -0.05) is 35.3 Å². The Morgan fingerprint density at radius 2 is 2.25 bits per heavy atom. The average molecular weight is 263 g/mol. The van der Waals surface area contributed by atoms with Crippen LogP contribution in [0.25, 0.3) is 0 Å². The maximum absolute atomic E-state index is 8.46. The van der Waals surface area contributed by atoms with E-state index < -0.39 is 0 Å². The Labute approximate surface area is 104 Å². The summed E-state index contributed by atoms with van der Waals surface area (Å²) in [6.07, 6.45) is 0. The first-order valence-electron chi connectivity index (χ1n) is 4.60. The molecule has 88 valence electrons. The van der Waals surface area contributed by atoms with Crippen molar-refractivity contribution in [3.63, 3.8) is 0 Å². The van der Waals surface area contributed by atoms with Crippen molar-refractivity contribution in [2.24, 2.45) is 16.8 Å². The molecule has 0 aliphatic heterocycles. The minimum atomic E-state index is -0.208. The summed E-state index contributed by atoms with van der Waals surface area (Å²) in [5, 5.41) is 12.4. The lowest BCUT2D eigenvalue weighted by atomic mass is 10.2. The summed E-state index contributed by atoms with van der Waals surface area (Å²) in [5.74, 6) is 0.380. The Morgan fingerprint density at radius 3 is 2.88 bits per heavy atom. The fourth-order valence-corrected chi connectivity index (χ4v) is 1.32. The van der Waals surface area contributed by atoms with E-state index >= 15 is 0 Å². The number of halogens is 2. The molecule has 0 aromatic heterocycles. The largest absolute Gasteiger partial charge is 0.491 e. The highest BCUT2D eigenvalue weighted by atomic mass is 35.5. The molecule has 1 aromatic carbocycles. The van der Waals surface area contributed by atoms with E-state index in [9.17, 15) is 0 Å². The van der Waals surface area contributed by atoms with E-state index in [4.69, 9.17) is 38.9 Å². The van der Waals surface area contributed by atoms with Crippen LogP contribution in [-0.4, -0.2) is 17.6 Å². The molecular weight excluding hydrogens is 251 g/mol. The van der Waals surface area contributed by atoms with Crippen LogP contribution in [0.1, 0.15) is 6.92 Å². The SMILES string of the molecule is CC(COc1cc(Cl)ccc1Cl)/C(N)=N/O. The highest BCUT2D eigenvalue weighted by Crippen LogP contribution is 2.27. The van der Waals surface area contributed by atoms with E-state index in [-0.39, 0.29) is 18.4 Å². The van der Waals surface area contributed by atoms with Gasteiger partial charge < -0.3 is 15.7 Å². The molecule has 1 rings (SSSR count). The molecule has 0 aliphatic carbocycles. The molecule has 0 heterocycles. The van der Waals surface area contributed by atoms with Gasteiger partial charge in [0.2, 0.25) is 0 Å². The van der Waals surface area contributed by atoms with Crippen LogP contribution in [0.15, 0.2) is 23.4 Å². The molecular formula is C10H12Cl2N2O2. The summed E-state index contributed by atoms with van der Waals surface area (Å²) >= 11 is 11.7. The van der Waals surface area contributed by atoms with Gasteiger partial charge in [0.05, 0.1) is 17.5 Å². The number of nitrogens with zero attached hydrogens (tertiary/aromatic N) is 1. The number of hydrogen-bond donors (Lipinski definition) is 2. The summed E-state index contributed by atoms with van der Waals surface area (Å²) in [6.45, 7) is 2.03. The van der Waals surface area contributed by atoms with Crippen molar-refractivity contribution in [3.05, 3.63) is 28.2 Å². The molecule has 0 saturated heterocycles. The highest BCUT2D eigenvalue weighted by molar-refractivity contribution is 6.34. The van der Waals surface area contributed by atoms with Crippen LogP contribution in [0.4, 0.5) is 0 Å². The van der Waals surface area contributed by atoms with E-state index in [1.807, 2.05) is 0 Å². The Morgan fingerprint density at radius 1 is 1.56 bits per heavy atom. The molecule has 0 spiro atoms. The second kappa shape index (κ2) is 5.82. The van der Waals surface area contributed by atoms with Gasteiger partial charge in [-0.05, 0) is 12.1 Å². The monoisotopic (exact) mass is 262 g/mol. The zero-order valence-corrected chi connectivity index (χ0v) is 10.2. The van der Waals surface area contributed by atoms with Gasteiger partial charge in [0.25, 0.3) is 0 Å². The number of amidine groups is 1. The molecule has 0 bridgehead atoms. The zero-order chi connectivity index (χ0) is 12.1. The van der Waals surface area contributed by atoms with Gasteiger partial charge in [0, 0.05) is 11.1 Å². The minimum absolute atomic E-state index is 0.109. The smallest absolute Gasteiger partial charge is 0.145 e. The van der Waals surface area contributed by atoms with Crippen LogP contribution in [0.2, 0.25) is 10.0 Å². The van der Waals surface area contributed by atoms with Crippen LogP contribution in [-0.2, 0) is 0 Å². The van der Waals surface area contributed by atoms with Gasteiger partial charge in [0.15, 0.2) is 0 Å². The number of rotatable bonds is 4. The molecule has 4 nitrogen and oxygen atoms in total. The van der Waals surface area contributed by atoms with E-state index in [1.54, 1.807) is 25.1 Å². The van der Waals surface area contributed by atoms with Crippen LogP contribution >= 0.6 is 23.2 Å². The Bertz CT molecular complexity index is 396. The van der Waals surface area contributed by atoms with Gasteiger partial charge in [-0.2, -0.15) is 0 Å². The number of benzene rings is 1. The van der Waals surface area contributed by atoms with Crippen molar-refractivity contribution in [3.8, 4) is 5.75 Å². The normalized spacial score (nSPS) is 13.6.